The van der Waals surface area contributed by atoms with Gasteiger partial charge in [-0.3, -0.25) is 0 Å². The van der Waals surface area contributed by atoms with Crippen molar-refractivity contribution in [3.8, 4) is 0 Å². The average molecular weight is 290 g/mol. The Morgan fingerprint density at radius 1 is 1.10 bits per heavy atom. The summed E-state index contributed by atoms with van der Waals surface area (Å²) in [5, 5.41) is 3.63. The summed E-state index contributed by atoms with van der Waals surface area (Å²) < 4.78 is 0. The van der Waals surface area contributed by atoms with Gasteiger partial charge in [-0.25, -0.2) is 0 Å². The molecule has 0 aliphatic carbocycles. The number of nitrogens with one attached hydrogen (secondary N) is 1. The molecule has 1 aromatic rings. The van der Waals surface area contributed by atoms with Gasteiger partial charge in [-0.1, -0.05) is 38.5 Å². The van der Waals surface area contributed by atoms with Gasteiger partial charge in [0.25, 0.3) is 0 Å². The molecule has 120 valence electrons. The summed E-state index contributed by atoms with van der Waals surface area (Å²) in [5.74, 6) is 0. The molecule has 0 fully saturated rings. The summed E-state index contributed by atoms with van der Waals surface area (Å²) in [6.07, 6.45) is 3.64. The lowest BCUT2D eigenvalue weighted by Gasteiger charge is -2.37. The average Bonchev–Trinajstić information content (AvgIpc) is 2.46. The summed E-state index contributed by atoms with van der Waals surface area (Å²) in [7, 11) is 2.23. The molecular weight excluding hydrogens is 256 g/mol. The van der Waals surface area contributed by atoms with Gasteiger partial charge in [-0.2, -0.15) is 0 Å². The summed E-state index contributed by atoms with van der Waals surface area (Å²) in [6, 6.07) is 6.76. The highest BCUT2D eigenvalue weighted by Gasteiger charge is 2.27. The molecule has 2 heteroatoms. The summed E-state index contributed by atoms with van der Waals surface area (Å²) >= 11 is 0. The molecule has 0 aliphatic heterocycles. The van der Waals surface area contributed by atoms with Crippen molar-refractivity contribution < 1.29 is 0 Å². The molecule has 0 amide bonds. The largest absolute Gasteiger partial charge is 0.374 e. The predicted molar refractivity (Wildman–Crippen MR) is 95.4 cm³/mol. The normalized spacial score (nSPS) is 11.7. The zero-order valence-electron chi connectivity index (χ0n) is 14.9. The molecule has 0 aromatic heterocycles. The number of hydrogen-bond donors (Lipinski definition) is 1. The van der Waals surface area contributed by atoms with Crippen LogP contribution in [-0.2, 0) is 0 Å². The van der Waals surface area contributed by atoms with Gasteiger partial charge in [0.15, 0.2) is 0 Å². The second-order valence-electron chi connectivity index (χ2n) is 6.53. The minimum Gasteiger partial charge on any atom is -0.374 e. The van der Waals surface area contributed by atoms with Crippen molar-refractivity contribution in [2.75, 3.05) is 31.6 Å². The Kier molecular flexibility index (Phi) is 7.24. The van der Waals surface area contributed by atoms with Gasteiger partial charge >= 0.3 is 0 Å². The molecule has 21 heavy (non-hydrogen) atoms. The van der Waals surface area contributed by atoms with Gasteiger partial charge in [0.05, 0.1) is 0 Å². The van der Waals surface area contributed by atoms with Crippen molar-refractivity contribution in [2.45, 2.75) is 53.9 Å². The molecule has 0 bridgehead atoms. The van der Waals surface area contributed by atoms with Crippen LogP contribution in [0.25, 0.3) is 0 Å². The van der Waals surface area contributed by atoms with Crippen LogP contribution in [0, 0.1) is 19.3 Å². The maximum atomic E-state index is 3.63. The molecular formula is C19H34N2. The van der Waals surface area contributed by atoms with Crippen molar-refractivity contribution in [3.05, 3.63) is 29.3 Å². The fraction of sp³-hybridized carbons (Fsp3) is 0.684. The molecule has 0 radical (unpaired) electrons. The first-order valence-corrected chi connectivity index (χ1v) is 8.47. The van der Waals surface area contributed by atoms with Crippen LogP contribution in [0.15, 0.2) is 18.2 Å². The minimum absolute atomic E-state index is 0.362. The number of aryl methyl sites for hydroxylation is 2. The highest BCUT2D eigenvalue weighted by atomic mass is 15.1. The van der Waals surface area contributed by atoms with Gasteiger partial charge in [-0.05, 0) is 56.7 Å². The first-order chi connectivity index (χ1) is 9.98. The monoisotopic (exact) mass is 290 g/mol. The van der Waals surface area contributed by atoms with E-state index in [9.17, 15) is 0 Å². The molecule has 0 unspecified atom stereocenters. The van der Waals surface area contributed by atoms with Gasteiger partial charge in [-0.15, -0.1) is 0 Å². The Hall–Kier alpha value is -1.02. The van der Waals surface area contributed by atoms with Crippen LogP contribution in [0.4, 0.5) is 5.69 Å². The summed E-state index contributed by atoms with van der Waals surface area (Å²) in [4.78, 5) is 2.44. The van der Waals surface area contributed by atoms with Gasteiger partial charge < -0.3 is 10.2 Å². The zero-order valence-corrected chi connectivity index (χ0v) is 14.9. The fourth-order valence-electron chi connectivity index (χ4n) is 3.13. The van der Waals surface area contributed by atoms with E-state index in [-0.39, 0.29) is 0 Å². The Morgan fingerprint density at radius 3 is 2.29 bits per heavy atom. The lowest BCUT2D eigenvalue weighted by molar-refractivity contribution is 0.256. The molecule has 1 rings (SSSR count). The molecule has 2 nitrogen and oxygen atoms in total. The smallest absolute Gasteiger partial charge is 0.0393 e. The van der Waals surface area contributed by atoms with E-state index in [2.05, 4.69) is 70.1 Å². The number of benzene rings is 1. The molecule has 1 aromatic carbocycles. The van der Waals surface area contributed by atoms with Gasteiger partial charge in [0.2, 0.25) is 0 Å². The summed E-state index contributed by atoms with van der Waals surface area (Å²) in [5.41, 5.74) is 4.44. The third-order valence-corrected chi connectivity index (χ3v) is 4.76. The maximum Gasteiger partial charge on any atom is 0.0393 e. The summed E-state index contributed by atoms with van der Waals surface area (Å²) in [6.45, 7) is 14.6. The maximum absolute atomic E-state index is 3.63. The first kappa shape index (κ1) is 18.0. The van der Waals surface area contributed by atoms with Crippen LogP contribution in [-0.4, -0.2) is 26.7 Å². The zero-order chi connectivity index (χ0) is 15.9. The molecule has 0 saturated carbocycles. The van der Waals surface area contributed by atoms with Crippen molar-refractivity contribution in [3.63, 3.8) is 0 Å². The van der Waals surface area contributed by atoms with Crippen LogP contribution >= 0.6 is 0 Å². The Bertz CT molecular complexity index is 422. The molecule has 0 atom stereocenters. The minimum atomic E-state index is 0.362. The second-order valence-corrected chi connectivity index (χ2v) is 6.53. The van der Waals surface area contributed by atoms with Crippen molar-refractivity contribution >= 4 is 5.69 Å². The standard InChI is InChI=1S/C19H34N2/c1-7-12-20-14-19(8-2,9-3)15-21(6)18-11-10-16(4)13-17(18)5/h10-11,13,20H,7-9,12,14-15H2,1-6H3. The Labute approximate surface area is 131 Å². The van der Waals surface area contributed by atoms with Gasteiger partial charge in [0, 0.05) is 25.8 Å². The third-order valence-electron chi connectivity index (χ3n) is 4.76. The molecule has 0 saturated heterocycles. The van der Waals surface area contributed by atoms with E-state index in [0.29, 0.717) is 5.41 Å². The SMILES string of the molecule is CCCNCC(CC)(CC)CN(C)c1ccc(C)cc1C. The first-order valence-electron chi connectivity index (χ1n) is 8.47. The van der Waals surface area contributed by atoms with Crippen molar-refractivity contribution in [1.29, 1.82) is 0 Å². The van der Waals surface area contributed by atoms with Crippen LogP contribution in [0.1, 0.15) is 51.2 Å². The van der Waals surface area contributed by atoms with E-state index in [1.54, 1.807) is 0 Å². The third kappa shape index (κ3) is 5.03. The van der Waals surface area contributed by atoms with Crippen LogP contribution in [0.5, 0.6) is 0 Å². The highest BCUT2D eigenvalue weighted by molar-refractivity contribution is 5.54. The molecule has 1 N–H and O–H groups in total. The lowest BCUT2D eigenvalue weighted by atomic mass is 9.81. The number of hydrogen-bond acceptors (Lipinski definition) is 2. The number of nitrogens with zero attached hydrogens (tertiary/aromatic N) is 1. The van der Waals surface area contributed by atoms with E-state index < -0.39 is 0 Å². The molecule has 0 aliphatic rings. The van der Waals surface area contributed by atoms with E-state index in [0.717, 1.165) is 19.6 Å². The topological polar surface area (TPSA) is 15.3 Å². The second kappa shape index (κ2) is 8.43. The van der Waals surface area contributed by atoms with E-state index in [1.807, 2.05) is 0 Å². The van der Waals surface area contributed by atoms with Gasteiger partial charge in [0.1, 0.15) is 0 Å². The van der Waals surface area contributed by atoms with Crippen molar-refractivity contribution in [1.82, 2.24) is 5.32 Å². The van der Waals surface area contributed by atoms with Crippen LogP contribution in [0.2, 0.25) is 0 Å². The van der Waals surface area contributed by atoms with Crippen molar-refractivity contribution in [2.24, 2.45) is 5.41 Å². The Balaban J connectivity index is 2.82. The van der Waals surface area contributed by atoms with Crippen LogP contribution < -0.4 is 10.2 Å². The quantitative estimate of drug-likeness (QED) is 0.671. The van der Waals surface area contributed by atoms with E-state index in [1.165, 1.54) is 36.1 Å². The molecule has 0 spiro atoms. The van der Waals surface area contributed by atoms with E-state index >= 15 is 0 Å². The predicted octanol–water partition coefficient (Wildman–Crippen LogP) is 4.55. The fourth-order valence-corrected chi connectivity index (χ4v) is 3.13. The number of anilines is 1. The van der Waals surface area contributed by atoms with E-state index in [4.69, 9.17) is 0 Å². The Morgan fingerprint density at radius 2 is 1.76 bits per heavy atom. The highest BCUT2D eigenvalue weighted by Crippen LogP contribution is 2.30. The molecule has 0 heterocycles. The lowest BCUT2D eigenvalue weighted by Crippen LogP contribution is -2.42. The number of rotatable bonds is 9. The van der Waals surface area contributed by atoms with Crippen LogP contribution in [0.3, 0.4) is 0 Å².